The van der Waals surface area contributed by atoms with Crippen molar-refractivity contribution in [3.63, 3.8) is 0 Å². The van der Waals surface area contributed by atoms with E-state index in [-0.39, 0.29) is 6.04 Å². The van der Waals surface area contributed by atoms with E-state index in [0.29, 0.717) is 13.1 Å². The summed E-state index contributed by atoms with van der Waals surface area (Å²) >= 11 is 0. The molecule has 1 unspecified atom stereocenters. The molecule has 0 spiro atoms. The summed E-state index contributed by atoms with van der Waals surface area (Å²) in [4.78, 5) is 2.18. The van der Waals surface area contributed by atoms with Crippen LogP contribution in [0, 0.1) is 0 Å². The minimum atomic E-state index is -3.23. The maximum atomic E-state index is 12.0. The van der Waals surface area contributed by atoms with Crippen LogP contribution in [0.15, 0.2) is 0 Å². The fraction of sp³-hybridized carbons (Fsp3) is 1.00. The standard InChI is InChI=1S/C10H21N3O2S/c1-12-6-4-5-10(9-12)11-16(14,15)13-7-2-3-8-13/h10-11H,2-9H2,1H3. The molecule has 2 heterocycles. The van der Waals surface area contributed by atoms with Crippen LogP contribution in [0.1, 0.15) is 25.7 Å². The molecule has 2 fully saturated rings. The molecule has 16 heavy (non-hydrogen) atoms. The Hall–Kier alpha value is -0.170. The molecule has 6 heteroatoms. The predicted molar refractivity (Wildman–Crippen MR) is 63.4 cm³/mol. The summed E-state index contributed by atoms with van der Waals surface area (Å²) in [5, 5.41) is 0. The third-order valence-corrected chi connectivity index (χ3v) is 5.02. The monoisotopic (exact) mass is 247 g/mol. The Bertz CT molecular complexity index is 325. The average molecular weight is 247 g/mol. The molecule has 2 rings (SSSR count). The van der Waals surface area contributed by atoms with Crippen molar-refractivity contribution in [2.75, 3.05) is 33.2 Å². The van der Waals surface area contributed by atoms with Crippen LogP contribution in [-0.2, 0) is 10.2 Å². The molecule has 0 bridgehead atoms. The molecule has 5 nitrogen and oxygen atoms in total. The number of hydrogen-bond donors (Lipinski definition) is 1. The lowest BCUT2D eigenvalue weighted by atomic mass is 10.1. The van der Waals surface area contributed by atoms with Gasteiger partial charge in [0.2, 0.25) is 0 Å². The van der Waals surface area contributed by atoms with Gasteiger partial charge in [-0.15, -0.1) is 0 Å². The zero-order valence-electron chi connectivity index (χ0n) is 9.85. The van der Waals surface area contributed by atoms with Gasteiger partial charge in [0.15, 0.2) is 0 Å². The number of rotatable bonds is 3. The Morgan fingerprint density at radius 2 is 1.81 bits per heavy atom. The molecule has 0 aromatic rings. The van der Waals surface area contributed by atoms with Crippen LogP contribution in [0.5, 0.6) is 0 Å². The molecule has 1 N–H and O–H groups in total. The molecule has 1 atom stereocenters. The third kappa shape index (κ3) is 2.94. The van der Waals surface area contributed by atoms with Crippen molar-refractivity contribution in [1.29, 1.82) is 0 Å². The van der Waals surface area contributed by atoms with Crippen molar-refractivity contribution in [3.05, 3.63) is 0 Å². The van der Waals surface area contributed by atoms with Crippen LogP contribution in [-0.4, -0.2) is 56.9 Å². The third-order valence-electron chi connectivity index (χ3n) is 3.35. The van der Waals surface area contributed by atoms with Crippen molar-refractivity contribution in [3.8, 4) is 0 Å². The quantitative estimate of drug-likeness (QED) is 0.764. The van der Waals surface area contributed by atoms with Crippen LogP contribution in [0.25, 0.3) is 0 Å². The fourth-order valence-electron chi connectivity index (χ4n) is 2.48. The normalized spacial score (nSPS) is 29.7. The topological polar surface area (TPSA) is 52.7 Å². The van der Waals surface area contributed by atoms with Gasteiger partial charge >= 0.3 is 0 Å². The van der Waals surface area contributed by atoms with Crippen molar-refractivity contribution in [1.82, 2.24) is 13.9 Å². The van der Waals surface area contributed by atoms with Gasteiger partial charge in [-0.05, 0) is 39.3 Å². The molecule has 0 saturated carbocycles. The Morgan fingerprint density at radius 3 is 2.44 bits per heavy atom. The maximum absolute atomic E-state index is 12.0. The van der Waals surface area contributed by atoms with Gasteiger partial charge in [-0.3, -0.25) is 0 Å². The molecule has 0 aromatic heterocycles. The minimum Gasteiger partial charge on any atom is -0.305 e. The number of nitrogens with one attached hydrogen (secondary N) is 1. The highest BCUT2D eigenvalue weighted by Crippen LogP contribution is 2.14. The van der Waals surface area contributed by atoms with E-state index in [1.54, 1.807) is 4.31 Å². The van der Waals surface area contributed by atoms with E-state index in [0.717, 1.165) is 38.8 Å². The molecule has 0 aromatic carbocycles. The number of likely N-dealkylation sites (tertiary alicyclic amines) is 1. The number of piperidine rings is 1. The lowest BCUT2D eigenvalue weighted by Crippen LogP contribution is -2.50. The van der Waals surface area contributed by atoms with Gasteiger partial charge in [-0.25, -0.2) is 0 Å². The van der Waals surface area contributed by atoms with Crippen LogP contribution < -0.4 is 4.72 Å². The molecule has 2 aliphatic rings. The van der Waals surface area contributed by atoms with Gasteiger partial charge in [0.05, 0.1) is 0 Å². The van der Waals surface area contributed by atoms with E-state index in [2.05, 4.69) is 9.62 Å². The van der Waals surface area contributed by atoms with Gasteiger partial charge in [0.25, 0.3) is 10.2 Å². The van der Waals surface area contributed by atoms with Gasteiger partial charge < -0.3 is 4.90 Å². The van der Waals surface area contributed by atoms with Crippen LogP contribution in [0.4, 0.5) is 0 Å². The Balaban J connectivity index is 1.92. The second kappa shape index (κ2) is 5.00. The number of nitrogens with zero attached hydrogens (tertiary/aromatic N) is 2. The highest BCUT2D eigenvalue weighted by Gasteiger charge is 2.29. The molecule has 0 aliphatic carbocycles. The second-order valence-corrected chi connectivity index (χ2v) is 6.53. The fourth-order valence-corrected chi connectivity index (χ4v) is 3.98. The lowest BCUT2D eigenvalue weighted by molar-refractivity contribution is 0.240. The Kier molecular flexibility index (Phi) is 3.84. The maximum Gasteiger partial charge on any atom is 0.279 e. The van der Waals surface area contributed by atoms with E-state index < -0.39 is 10.2 Å². The smallest absolute Gasteiger partial charge is 0.279 e. The van der Waals surface area contributed by atoms with Gasteiger partial charge in [0.1, 0.15) is 0 Å². The first-order chi connectivity index (χ1) is 7.58. The molecule has 2 aliphatic heterocycles. The molecular formula is C10H21N3O2S. The highest BCUT2D eigenvalue weighted by atomic mass is 32.2. The summed E-state index contributed by atoms with van der Waals surface area (Å²) in [7, 11) is -1.19. The first-order valence-corrected chi connectivity index (χ1v) is 7.48. The summed E-state index contributed by atoms with van der Waals surface area (Å²) in [5.74, 6) is 0. The summed E-state index contributed by atoms with van der Waals surface area (Å²) < 4.78 is 28.4. The minimum absolute atomic E-state index is 0.0874. The zero-order valence-corrected chi connectivity index (χ0v) is 10.7. The Labute approximate surface area is 98.0 Å². The molecular weight excluding hydrogens is 226 g/mol. The largest absolute Gasteiger partial charge is 0.305 e. The van der Waals surface area contributed by atoms with Gasteiger partial charge in [-0.2, -0.15) is 17.4 Å². The van der Waals surface area contributed by atoms with E-state index in [4.69, 9.17) is 0 Å². The Morgan fingerprint density at radius 1 is 1.12 bits per heavy atom. The lowest BCUT2D eigenvalue weighted by Gasteiger charge is -2.31. The summed E-state index contributed by atoms with van der Waals surface area (Å²) in [5.41, 5.74) is 0. The number of hydrogen-bond acceptors (Lipinski definition) is 3. The van der Waals surface area contributed by atoms with Gasteiger partial charge in [0, 0.05) is 25.7 Å². The summed E-state index contributed by atoms with van der Waals surface area (Å²) in [6, 6.07) is 0.0874. The van der Waals surface area contributed by atoms with Gasteiger partial charge in [-0.1, -0.05) is 0 Å². The first-order valence-electron chi connectivity index (χ1n) is 6.04. The van der Waals surface area contributed by atoms with Crippen LogP contribution in [0.2, 0.25) is 0 Å². The summed E-state index contributed by atoms with van der Waals surface area (Å²) in [6.45, 7) is 3.25. The van der Waals surface area contributed by atoms with Crippen LogP contribution in [0.3, 0.4) is 0 Å². The van der Waals surface area contributed by atoms with Crippen molar-refractivity contribution in [2.24, 2.45) is 0 Å². The second-order valence-electron chi connectivity index (χ2n) is 4.83. The predicted octanol–water partition coefficient (Wildman–Crippen LogP) is 0.0108. The van der Waals surface area contributed by atoms with E-state index in [9.17, 15) is 8.42 Å². The van der Waals surface area contributed by atoms with E-state index in [1.165, 1.54) is 0 Å². The van der Waals surface area contributed by atoms with E-state index in [1.807, 2.05) is 7.05 Å². The molecule has 0 amide bonds. The summed E-state index contributed by atoms with van der Waals surface area (Å²) in [6.07, 6.45) is 4.01. The average Bonchev–Trinajstić information content (AvgIpc) is 2.69. The number of likely N-dealkylation sites (N-methyl/N-ethyl adjacent to an activating group) is 1. The zero-order chi connectivity index (χ0) is 11.6. The first kappa shape index (κ1) is 12.3. The SMILES string of the molecule is CN1CCCC(NS(=O)(=O)N2CCCC2)C1. The van der Waals surface area contributed by atoms with Crippen molar-refractivity contribution in [2.45, 2.75) is 31.7 Å². The molecule has 2 saturated heterocycles. The van der Waals surface area contributed by atoms with Crippen molar-refractivity contribution >= 4 is 10.2 Å². The van der Waals surface area contributed by atoms with Crippen molar-refractivity contribution < 1.29 is 8.42 Å². The highest BCUT2D eigenvalue weighted by molar-refractivity contribution is 7.87. The molecule has 0 radical (unpaired) electrons. The van der Waals surface area contributed by atoms with Crippen LogP contribution >= 0.6 is 0 Å². The molecule has 94 valence electrons. The van der Waals surface area contributed by atoms with E-state index >= 15 is 0 Å².